The van der Waals surface area contributed by atoms with Crippen LogP contribution in [0.1, 0.15) is 23.2 Å². The van der Waals surface area contributed by atoms with E-state index in [1.807, 2.05) is 0 Å². The molecular formula is C13H14F3NO4S. The van der Waals surface area contributed by atoms with Crippen LogP contribution >= 0.6 is 0 Å². The van der Waals surface area contributed by atoms with Gasteiger partial charge in [0.2, 0.25) is 10.0 Å². The molecule has 0 aliphatic carbocycles. The van der Waals surface area contributed by atoms with Crippen molar-refractivity contribution in [2.45, 2.75) is 23.9 Å². The highest BCUT2D eigenvalue weighted by Crippen LogP contribution is 2.35. The number of aromatic carboxylic acids is 1. The van der Waals surface area contributed by atoms with Gasteiger partial charge in [-0.15, -0.1) is 0 Å². The molecule has 122 valence electrons. The molecule has 1 atom stereocenters. The predicted molar refractivity (Wildman–Crippen MR) is 70.9 cm³/mol. The first-order valence-electron chi connectivity index (χ1n) is 6.52. The summed E-state index contributed by atoms with van der Waals surface area (Å²) in [6, 6.07) is 4.60. The van der Waals surface area contributed by atoms with Crippen molar-refractivity contribution in [3.05, 3.63) is 29.8 Å². The fourth-order valence-corrected chi connectivity index (χ4v) is 3.94. The molecule has 1 heterocycles. The Kier molecular flexibility index (Phi) is 4.48. The third-order valence-electron chi connectivity index (χ3n) is 3.57. The lowest BCUT2D eigenvalue weighted by molar-refractivity contribution is -0.182. The molecule has 0 spiro atoms. The number of halogens is 3. The largest absolute Gasteiger partial charge is 0.478 e. The third-order valence-corrected chi connectivity index (χ3v) is 5.43. The normalized spacial score (nSPS) is 20.8. The van der Waals surface area contributed by atoms with Crippen molar-refractivity contribution in [3.63, 3.8) is 0 Å². The molecule has 5 nitrogen and oxygen atoms in total. The smallest absolute Gasteiger partial charge is 0.393 e. The van der Waals surface area contributed by atoms with Gasteiger partial charge in [0.1, 0.15) is 0 Å². The van der Waals surface area contributed by atoms with E-state index in [9.17, 15) is 26.4 Å². The monoisotopic (exact) mass is 337 g/mol. The predicted octanol–water partition coefficient (Wildman–Crippen LogP) is 2.35. The highest BCUT2D eigenvalue weighted by atomic mass is 32.2. The molecule has 0 amide bonds. The van der Waals surface area contributed by atoms with Crippen LogP contribution in [0.3, 0.4) is 0 Å². The number of alkyl halides is 3. The Morgan fingerprint density at radius 3 is 2.59 bits per heavy atom. The summed E-state index contributed by atoms with van der Waals surface area (Å²) in [5.41, 5.74) is -0.231. The zero-order valence-electron chi connectivity index (χ0n) is 11.4. The second-order valence-corrected chi connectivity index (χ2v) is 7.01. The van der Waals surface area contributed by atoms with Gasteiger partial charge in [-0.25, -0.2) is 13.2 Å². The lowest BCUT2D eigenvalue weighted by Gasteiger charge is -2.32. The van der Waals surface area contributed by atoms with Crippen LogP contribution in [0.4, 0.5) is 13.2 Å². The fourth-order valence-electron chi connectivity index (χ4n) is 2.37. The molecule has 1 aromatic carbocycles. The van der Waals surface area contributed by atoms with Crippen LogP contribution < -0.4 is 0 Å². The summed E-state index contributed by atoms with van der Waals surface area (Å²) in [5, 5.41) is 8.88. The Morgan fingerprint density at radius 2 is 2.00 bits per heavy atom. The first-order valence-corrected chi connectivity index (χ1v) is 7.96. The topological polar surface area (TPSA) is 74.7 Å². The maximum absolute atomic E-state index is 12.8. The number of carbonyl (C=O) groups is 1. The summed E-state index contributed by atoms with van der Waals surface area (Å²) in [6.07, 6.45) is -4.44. The number of hydrogen-bond acceptors (Lipinski definition) is 3. The summed E-state index contributed by atoms with van der Waals surface area (Å²) >= 11 is 0. The lowest BCUT2D eigenvalue weighted by atomic mass is 9.99. The van der Waals surface area contributed by atoms with Crippen molar-refractivity contribution >= 4 is 16.0 Å². The zero-order valence-corrected chi connectivity index (χ0v) is 12.2. The Morgan fingerprint density at radius 1 is 1.32 bits per heavy atom. The van der Waals surface area contributed by atoms with Crippen molar-refractivity contribution in [3.8, 4) is 0 Å². The van der Waals surface area contributed by atoms with Crippen molar-refractivity contribution in [1.82, 2.24) is 4.31 Å². The van der Waals surface area contributed by atoms with E-state index in [1.54, 1.807) is 0 Å². The lowest BCUT2D eigenvalue weighted by Crippen LogP contribution is -2.44. The highest BCUT2D eigenvalue weighted by molar-refractivity contribution is 7.89. The standard InChI is InChI=1S/C13H14F3NO4S/c14-13(15,16)10-4-2-6-17(8-10)22(20,21)11-5-1-3-9(7-11)12(18)19/h1,3,5,7,10H,2,4,6,8H2,(H,18,19). The van der Waals surface area contributed by atoms with Crippen LogP contribution in [-0.2, 0) is 10.0 Å². The number of carboxylic acids is 1. The molecule has 2 rings (SSSR count). The summed E-state index contributed by atoms with van der Waals surface area (Å²) in [7, 11) is -4.14. The zero-order chi connectivity index (χ0) is 16.5. The van der Waals surface area contributed by atoms with Gasteiger partial charge in [0.25, 0.3) is 0 Å². The van der Waals surface area contributed by atoms with E-state index in [2.05, 4.69) is 0 Å². The van der Waals surface area contributed by atoms with Crippen LogP contribution in [0.5, 0.6) is 0 Å². The van der Waals surface area contributed by atoms with E-state index in [0.717, 1.165) is 10.4 Å². The summed E-state index contributed by atoms with van der Waals surface area (Å²) < 4.78 is 63.9. The van der Waals surface area contributed by atoms with Gasteiger partial charge in [-0.1, -0.05) is 6.07 Å². The fraction of sp³-hybridized carbons (Fsp3) is 0.462. The Bertz CT molecular complexity index is 672. The van der Waals surface area contributed by atoms with Crippen LogP contribution in [0.2, 0.25) is 0 Å². The van der Waals surface area contributed by atoms with Gasteiger partial charge in [0.05, 0.1) is 16.4 Å². The van der Waals surface area contributed by atoms with E-state index < -0.39 is 34.6 Å². The van der Waals surface area contributed by atoms with Crippen molar-refractivity contribution in [1.29, 1.82) is 0 Å². The summed E-state index contributed by atoms with van der Waals surface area (Å²) in [6.45, 7) is -0.644. The van der Waals surface area contributed by atoms with Crippen molar-refractivity contribution < 1.29 is 31.5 Å². The molecule has 1 aliphatic rings. The summed E-state index contributed by atoms with van der Waals surface area (Å²) in [5.74, 6) is -3.00. The average Bonchev–Trinajstić information content (AvgIpc) is 2.46. The molecule has 1 fully saturated rings. The van der Waals surface area contributed by atoms with E-state index in [1.165, 1.54) is 18.2 Å². The van der Waals surface area contributed by atoms with E-state index in [4.69, 9.17) is 5.11 Å². The Balaban J connectivity index is 2.30. The van der Waals surface area contributed by atoms with Gasteiger partial charge in [0, 0.05) is 13.1 Å². The number of rotatable bonds is 3. The highest BCUT2D eigenvalue weighted by Gasteiger charge is 2.44. The minimum Gasteiger partial charge on any atom is -0.478 e. The van der Waals surface area contributed by atoms with E-state index in [0.29, 0.717) is 0 Å². The SMILES string of the molecule is O=C(O)c1cccc(S(=O)(=O)N2CCCC(C(F)(F)F)C2)c1. The van der Waals surface area contributed by atoms with Gasteiger partial charge < -0.3 is 5.11 Å². The third kappa shape index (κ3) is 3.41. The molecule has 22 heavy (non-hydrogen) atoms. The number of piperidine rings is 1. The second kappa shape index (κ2) is 5.88. The number of hydrogen-bond donors (Lipinski definition) is 1. The van der Waals surface area contributed by atoms with Crippen LogP contribution in [-0.4, -0.2) is 43.1 Å². The number of sulfonamides is 1. The number of carboxylic acid groups (broad SMARTS) is 1. The van der Waals surface area contributed by atoms with Gasteiger partial charge in [0.15, 0.2) is 0 Å². The number of benzene rings is 1. The molecule has 0 radical (unpaired) electrons. The molecule has 9 heteroatoms. The van der Waals surface area contributed by atoms with Gasteiger partial charge in [-0.05, 0) is 31.0 Å². The van der Waals surface area contributed by atoms with Crippen LogP contribution in [0.15, 0.2) is 29.2 Å². The van der Waals surface area contributed by atoms with Crippen LogP contribution in [0, 0.1) is 5.92 Å². The molecular weight excluding hydrogens is 323 g/mol. The molecule has 0 saturated carbocycles. The Labute approximate surface area is 125 Å². The maximum Gasteiger partial charge on any atom is 0.393 e. The number of nitrogens with zero attached hydrogens (tertiary/aromatic N) is 1. The first kappa shape index (κ1) is 16.8. The maximum atomic E-state index is 12.8. The molecule has 1 aromatic rings. The molecule has 0 aromatic heterocycles. The quantitative estimate of drug-likeness (QED) is 0.919. The molecule has 1 unspecified atom stereocenters. The molecule has 1 N–H and O–H groups in total. The first-order chi connectivity index (χ1) is 10.1. The molecule has 0 bridgehead atoms. The van der Waals surface area contributed by atoms with Crippen molar-refractivity contribution in [2.24, 2.45) is 5.92 Å². The second-order valence-electron chi connectivity index (χ2n) is 5.08. The Hall–Kier alpha value is -1.61. The van der Waals surface area contributed by atoms with Crippen molar-refractivity contribution in [2.75, 3.05) is 13.1 Å². The van der Waals surface area contributed by atoms with Gasteiger partial charge in [-0.3, -0.25) is 0 Å². The van der Waals surface area contributed by atoms with Gasteiger partial charge in [-0.2, -0.15) is 17.5 Å². The van der Waals surface area contributed by atoms with Crippen LogP contribution in [0.25, 0.3) is 0 Å². The minimum atomic E-state index is -4.45. The average molecular weight is 337 g/mol. The van der Waals surface area contributed by atoms with Gasteiger partial charge >= 0.3 is 12.1 Å². The molecule has 1 aliphatic heterocycles. The van der Waals surface area contributed by atoms with E-state index in [-0.39, 0.29) is 29.8 Å². The van der Waals surface area contributed by atoms with E-state index >= 15 is 0 Å². The molecule has 1 saturated heterocycles. The minimum absolute atomic E-state index is 0.00773. The summed E-state index contributed by atoms with van der Waals surface area (Å²) in [4.78, 5) is 10.6.